The molecule has 1 aliphatic heterocycles. The van der Waals surface area contributed by atoms with Gasteiger partial charge in [-0.25, -0.2) is 0 Å². The van der Waals surface area contributed by atoms with Gasteiger partial charge in [0.1, 0.15) is 5.75 Å². The Hall–Kier alpha value is -3.71. The summed E-state index contributed by atoms with van der Waals surface area (Å²) >= 11 is 0. The van der Waals surface area contributed by atoms with Crippen molar-refractivity contribution in [3.63, 3.8) is 0 Å². The van der Waals surface area contributed by atoms with Crippen LogP contribution in [0.25, 0.3) is 0 Å². The van der Waals surface area contributed by atoms with E-state index in [1.807, 2.05) is 31.2 Å². The molecule has 7 nitrogen and oxygen atoms in total. The third-order valence-electron chi connectivity index (χ3n) is 6.63. The highest BCUT2D eigenvalue weighted by Gasteiger charge is 2.18. The van der Waals surface area contributed by atoms with Crippen molar-refractivity contribution < 1.29 is 19.0 Å². The molecule has 1 fully saturated rings. The van der Waals surface area contributed by atoms with E-state index in [4.69, 9.17) is 14.2 Å². The van der Waals surface area contributed by atoms with Crippen LogP contribution in [0.2, 0.25) is 0 Å². The third-order valence-corrected chi connectivity index (χ3v) is 6.63. The summed E-state index contributed by atoms with van der Waals surface area (Å²) in [7, 11) is 4.94. The number of amides is 1. The number of anilines is 1. The number of piperazine rings is 1. The maximum atomic E-state index is 12.6. The van der Waals surface area contributed by atoms with Gasteiger partial charge < -0.3 is 24.4 Å². The second-order valence-electron chi connectivity index (χ2n) is 8.99. The molecule has 1 N–H and O–H groups in total. The first kappa shape index (κ1) is 25.4. The van der Waals surface area contributed by atoms with Crippen molar-refractivity contribution in [3.8, 4) is 17.2 Å². The van der Waals surface area contributed by atoms with E-state index in [0.717, 1.165) is 61.1 Å². The van der Waals surface area contributed by atoms with Gasteiger partial charge in [-0.15, -0.1) is 0 Å². The summed E-state index contributed by atoms with van der Waals surface area (Å²) in [4.78, 5) is 17.5. The molecular formula is C29H35N3O4. The van der Waals surface area contributed by atoms with Crippen LogP contribution in [0.3, 0.4) is 0 Å². The summed E-state index contributed by atoms with van der Waals surface area (Å²) in [6.45, 7) is 7.17. The SMILES string of the molecule is COc1cc(C(=O)NCc2cccc(N3CCN(Cc4ccc(OC)c(OC)c4)CC3)c2)ccc1C. The van der Waals surface area contributed by atoms with Gasteiger partial charge in [-0.05, 0) is 60.0 Å². The number of nitrogens with one attached hydrogen (secondary N) is 1. The van der Waals surface area contributed by atoms with Crippen LogP contribution in [0.4, 0.5) is 5.69 Å². The Balaban J connectivity index is 1.31. The lowest BCUT2D eigenvalue weighted by Gasteiger charge is -2.36. The Bertz CT molecular complexity index is 1190. The lowest BCUT2D eigenvalue weighted by atomic mass is 10.1. The van der Waals surface area contributed by atoms with Crippen LogP contribution in [0.15, 0.2) is 60.7 Å². The molecule has 3 aromatic rings. The van der Waals surface area contributed by atoms with Gasteiger partial charge in [0.25, 0.3) is 5.91 Å². The molecule has 7 heteroatoms. The number of aryl methyl sites for hydroxylation is 1. The molecule has 0 saturated carbocycles. The van der Waals surface area contributed by atoms with Gasteiger partial charge in [0.15, 0.2) is 11.5 Å². The fourth-order valence-corrected chi connectivity index (χ4v) is 4.51. The fraction of sp³-hybridized carbons (Fsp3) is 0.345. The standard InChI is InChI=1S/C29H35N3O4/c1-21-8-10-24(18-27(21)35-3)29(33)30-19-22-6-5-7-25(16-22)32-14-12-31(13-15-32)20-23-9-11-26(34-2)28(17-23)36-4/h5-11,16-18H,12-15,19-20H2,1-4H3,(H,30,33). The molecule has 0 radical (unpaired) electrons. The minimum Gasteiger partial charge on any atom is -0.496 e. The van der Waals surface area contributed by atoms with Crippen LogP contribution in [-0.2, 0) is 13.1 Å². The Morgan fingerprint density at radius 2 is 1.56 bits per heavy atom. The van der Waals surface area contributed by atoms with Gasteiger partial charge in [0.2, 0.25) is 0 Å². The zero-order valence-electron chi connectivity index (χ0n) is 21.5. The van der Waals surface area contributed by atoms with Gasteiger partial charge in [0.05, 0.1) is 21.3 Å². The van der Waals surface area contributed by atoms with Crippen molar-refractivity contribution in [2.45, 2.75) is 20.0 Å². The van der Waals surface area contributed by atoms with E-state index in [9.17, 15) is 4.79 Å². The molecule has 0 unspecified atom stereocenters. The number of carbonyl (C=O) groups excluding carboxylic acids is 1. The summed E-state index contributed by atoms with van der Waals surface area (Å²) in [5.41, 5.74) is 5.08. The maximum absolute atomic E-state index is 12.6. The van der Waals surface area contributed by atoms with Gasteiger partial charge in [-0.3, -0.25) is 9.69 Å². The average molecular weight is 490 g/mol. The molecule has 4 rings (SSSR count). The van der Waals surface area contributed by atoms with Crippen LogP contribution in [-0.4, -0.2) is 58.3 Å². The maximum Gasteiger partial charge on any atom is 0.251 e. The predicted molar refractivity (Wildman–Crippen MR) is 142 cm³/mol. The van der Waals surface area contributed by atoms with E-state index >= 15 is 0 Å². The highest BCUT2D eigenvalue weighted by atomic mass is 16.5. The van der Waals surface area contributed by atoms with Crippen LogP contribution in [0.5, 0.6) is 17.2 Å². The zero-order valence-corrected chi connectivity index (χ0v) is 21.5. The zero-order chi connectivity index (χ0) is 25.5. The summed E-state index contributed by atoms with van der Waals surface area (Å²) in [6, 6.07) is 20.0. The number of rotatable bonds is 9. The summed E-state index contributed by atoms with van der Waals surface area (Å²) in [5, 5.41) is 3.03. The van der Waals surface area contributed by atoms with Crippen LogP contribution in [0, 0.1) is 6.92 Å². The molecular weight excluding hydrogens is 454 g/mol. The van der Waals surface area contributed by atoms with E-state index in [2.05, 4.69) is 45.4 Å². The lowest BCUT2D eigenvalue weighted by molar-refractivity contribution is 0.0950. The Kier molecular flexibility index (Phi) is 8.33. The van der Waals surface area contributed by atoms with Crippen molar-refractivity contribution in [2.75, 3.05) is 52.4 Å². The first-order valence-electron chi connectivity index (χ1n) is 12.2. The molecule has 0 atom stereocenters. The molecule has 190 valence electrons. The second kappa shape index (κ2) is 11.8. The first-order chi connectivity index (χ1) is 17.5. The van der Waals surface area contributed by atoms with Gasteiger partial charge in [0, 0.05) is 50.5 Å². The molecule has 0 spiro atoms. The van der Waals surface area contributed by atoms with Crippen molar-refractivity contribution in [1.82, 2.24) is 10.2 Å². The Labute approximate surface area is 213 Å². The van der Waals surface area contributed by atoms with Crippen LogP contribution < -0.4 is 24.4 Å². The molecule has 0 aromatic heterocycles. The van der Waals surface area contributed by atoms with E-state index in [0.29, 0.717) is 12.1 Å². The van der Waals surface area contributed by atoms with Gasteiger partial charge >= 0.3 is 0 Å². The molecule has 1 saturated heterocycles. The predicted octanol–water partition coefficient (Wildman–Crippen LogP) is 4.27. The quantitative estimate of drug-likeness (QED) is 0.484. The van der Waals surface area contributed by atoms with Gasteiger partial charge in [-0.1, -0.05) is 24.3 Å². The van der Waals surface area contributed by atoms with E-state index in [-0.39, 0.29) is 5.91 Å². The number of benzene rings is 3. The van der Waals surface area contributed by atoms with Crippen LogP contribution >= 0.6 is 0 Å². The smallest absolute Gasteiger partial charge is 0.251 e. The van der Waals surface area contributed by atoms with Crippen molar-refractivity contribution in [2.24, 2.45) is 0 Å². The summed E-state index contributed by atoms with van der Waals surface area (Å²) < 4.78 is 16.1. The van der Waals surface area contributed by atoms with Crippen molar-refractivity contribution in [1.29, 1.82) is 0 Å². The lowest BCUT2D eigenvalue weighted by Crippen LogP contribution is -2.46. The van der Waals surface area contributed by atoms with E-state index in [1.165, 1.54) is 11.3 Å². The minimum atomic E-state index is -0.109. The van der Waals surface area contributed by atoms with Crippen molar-refractivity contribution in [3.05, 3.63) is 82.9 Å². The molecule has 1 amide bonds. The third kappa shape index (κ3) is 6.10. The first-order valence-corrected chi connectivity index (χ1v) is 12.2. The number of nitrogens with zero attached hydrogens (tertiary/aromatic N) is 2. The normalized spacial score (nSPS) is 13.8. The fourth-order valence-electron chi connectivity index (χ4n) is 4.51. The number of carbonyl (C=O) groups is 1. The Morgan fingerprint density at radius 3 is 2.28 bits per heavy atom. The van der Waals surface area contributed by atoms with Crippen LogP contribution in [0.1, 0.15) is 27.0 Å². The topological polar surface area (TPSA) is 63.3 Å². The van der Waals surface area contributed by atoms with Crippen molar-refractivity contribution >= 4 is 11.6 Å². The molecule has 1 heterocycles. The number of ether oxygens (including phenoxy) is 3. The summed E-state index contributed by atoms with van der Waals surface area (Å²) in [6.07, 6.45) is 0. The number of hydrogen-bond donors (Lipinski definition) is 1. The largest absolute Gasteiger partial charge is 0.496 e. The monoisotopic (exact) mass is 489 g/mol. The van der Waals surface area contributed by atoms with E-state index in [1.54, 1.807) is 27.4 Å². The number of methoxy groups -OCH3 is 3. The van der Waals surface area contributed by atoms with Gasteiger partial charge in [-0.2, -0.15) is 0 Å². The summed E-state index contributed by atoms with van der Waals surface area (Å²) in [5.74, 6) is 2.12. The minimum absolute atomic E-state index is 0.109. The highest BCUT2D eigenvalue weighted by Crippen LogP contribution is 2.28. The highest BCUT2D eigenvalue weighted by molar-refractivity contribution is 5.94. The Morgan fingerprint density at radius 1 is 0.806 bits per heavy atom. The second-order valence-corrected chi connectivity index (χ2v) is 8.99. The number of hydrogen-bond acceptors (Lipinski definition) is 6. The molecule has 1 aliphatic rings. The molecule has 0 aliphatic carbocycles. The average Bonchev–Trinajstić information content (AvgIpc) is 2.92. The van der Waals surface area contributed by atoms with E-state index < -0.39 is 0 Å². The molecule has 0 bridgehead atoms. The molecule has 36 heavy (non-hydrogen) atoms. The molecule has 3 aromatic carbocycles.